The maximum Gasteiger partial charge on any atom is 0.108 e. The first-order valence-electron chi connectivity index (χ1n) is 7.74. The number of rotatable bonds is 11. The summed E-state index contributed by atoms with van der Waals surface area (Å²) in [5, 5.41) is 3.66. The van der Waals surface area contributed by atoms with Crippen molar-refractivity contribution in [1.82, 2.24) is 5.32 Å². The molecule has 19 heavy (non-hydrogen) atoms. The van der Waals surface area contributed by atoms with E-state index >= 15 is 0 Å². The third kappa shape index (κ3) is 5.65. The molecule has 0 aliphatic carbocycles. The molecule has 0 aromatic carbocycles. The molecule has 0 spiro atoms. The fraction of sp³-hybridized carbons (Fsp3) is 0.647. The van der Waals surface area contributed by atoms with E-state index in [1.165, 1.54) is 37.7 Å². The summed E-state index contributed by atoms with van der Waals surface area (Å²) in [5.74, 6) is 1.14. The largest absolute Gasteiger partial charge is 0.469 e. The molecule has 0 amide bonds. The van der Waals surface area contributed by atoms with E-state index < -0.39 is 0 Å². The molecule has 0 aliphatic heterocycles. The quantitative estimate of drug-likeness (QED) is 0.448. The van der Waals surface area contributed by atoms with Crippen LogP contribution < -0.4 is 5.32 Å². The van der Waals surface area contributed by atoms with Crippen LogP contribution in [0, 0.1) is 0 Å². The average Bonchev–Trinajstić information content (AvgIpc) is 2.90. The minimum absolute atomic E-state index is 0.456. The monoisotopic (exact) mass is 263 g/mol. The van der Waals surface area contributed by atoms with Crippen LogP contribution in [0.25, 0.3) is 0 Å². The highest BCUT2D eigenvalue weighted by atomic mass is 16.3. The lowest BCUT2D eigenvalue weighted by Gasteiger charge is -2.18. The van der Waals surface area contributed by atoms with E-state index in [0.717, 1.165) is 25.1 Å². The number of aryl methyl sites for hydroxylation is 1. The summed E-state index contributed by atoms with van der Waals surface area (Å²) in [6.07, 6.45) is 12.1. The maximum atomic E-state index is 5.57. The number of hydrogen-bond donors (Lipinski definition) is 1. The van der Waals surface area contributed by atoms with Crippen molar-refractivity contribution in [1.29, 1.82) is 0 Å². The van der Waals surface area contributed by atoms with Gasteiger partial charge in [0.05, 0.1) is 6.26 Å². The van der Waals surface area contributed by atoms with Gasteiger partial charge in [-0.15, -0.1) is 6.58 Å². The predicted molar refractivity (Wildman–Crippen MR) is 82.4 cm³/mol. The average molecular weight is 263 g/mol. The van der Waals surface area contributed by atoms with Gasteiger partial charge < -0.3 is 9.73 Å². The van der Waals surface area contributed by atoms with Crippen LogP contribution in [0.2, 0.25) is 0 Å². The summed E-state index contributed by atoms with van der Waals surface area (Å²) in [4.78, 5) is 0. The Morgan fingerprint density at radius 1 is 1.32 bits per heavy atom. The second-order valence-electron chi connectivity index (χ2n) is 5.09. The molecule has 0 fully saturated rings. The smallest absolute Gasteiger partial charge is 0.108 e. The van der Waals surface area contributed by atoms with E-state index in [0.29, 0.717) is 6.04 Å². The summed E-state index contributed by atoms with van der Waals surface area (Å²) >= 11 is 0. The summed E-state index contributed by atoms with van der Waals surface area (Å²) in [5.41, 5.74) is 1.36. The van der Waals surface area contributed by atoms with Crippen molar-refractivity contribution in [3.8, 4) is 0 Å². The Kier molecular flexibility index (Phi) is 8.31. The zero-order valence-electron chi connectivity index (χ0n) is 12.6. The van der Waals surface area contributed by atoms with Gasteiger partial charge in [0.15, 0.2) is 0 Å². The summed E-state index contributed by atoms with van der Waals surface area (Å²) in [7, 11) is 0. The van der Waals surface area contributed by atoms with E-state index in [2.05, 4.69) is 31.8 Å². The van der Waals surface area contributed by atoms with Crippen molar-refractivity contribution >= 4 is 0 Å². The van der Waals surface area contributed by atoms with Gasteiger partial charge in [-0.2, -0.15) is 0 Å². The normalized spacial score (nSPS) is 12.5. The highest BCUT2D eigenvalue weighted by Gasteiger charge is 2.15. The van der Waals surface area contributed by atoms with E-state index in [4.69, 9.17) is 4.42 Å². The van der Waals surface area contributed by atoms with Gasteiger partial charge in [0.1, 0.15) is 5.76 Å². The molecular formula is C17H29NO. The molecule has 2 heteroatoms. The standard InChI is InChI=1S/C17H29NO/c1-4-7-8-9-10-11-16(18-13-5-2)15-12-14-19-17(15)6-3/h4,12,14,16,18H,1,5-11,13H2,2-3H3. The molecule has 0 radical (unpaired) electrons. The van der Waals surface area contributed by atoms with E-state index in [1.807, 2.05) is 12.3 Å². The highest BCUT2D eigenvalue weighted by molar-refractivity contribution is 5.21. The Bertz CT molecular complexity index is 343. The molecule has 1 heterocycles. The van der Waals surface area contributed by atoms with E-state index in [-0.39, 0.29) is 0 Å². The maximum absolute atomic E-state index is 5.57. The molecule has 1 rings (SSSR count). The minimum atomic E-state index is 0.456. The number of allylic oxidation sites excluding steroid dienone is 1. The van der Waals surface area contributed by atoms with Crippen LogP contribution in [0.1, 0.15) is 69.7 Å². The van der Waals surface area contributed by atoms with Gasteiger partial charge >= 0.3 is 0 Å². The lowest BCUT2D eigenvalue weighted by Crippen LogP contribution is -2.22. The molecule has 2 nitrogen and oxygen atoms in total. The predicted octanol–water partition coefficient (Wildman–Crippen LogP) is 5.02. The minimum Gasteiger partial charge on any atom is -0.469 e. The Morgan fingerprint density at radius 2 is 2.16 bits per heavy atom. The Balaban J connectivity index is 2.49. The SMILES string of the molecule is C=CCCCCCC(NCCC)c1ccoc1CC. The van der Waals surface area contributed by atoms with Crippen molar-refractivity contribution in [2.45, 2.75) is 64.8 Å². The van der Waals surface area contributed by atoms with Crippen LogP contribution in [-0.2, 0) is 6.42 Å². The van der Waals surface area contributed by atoms with E-state index in [1.54, 1.807) is 0 Å². The van der Waals surface area contributed by atoms with Gasteiger partial charge in [0, 0.05) is 18.0 Å². The molecule has 1 aromatic heterocycles. The summed E-state index contributed by atoms with van der Waals surface area (Å²) in [6.45, 7) is 9.22. The molecule has 0 saturated heterocycles. The zero-order valence-corrected chi connectivity index (χ0v) is 12.6. The van der Waals surface area contributed by atoms with Crippen molar-refractivity contribution in [3.05, 3.63) is 36.3 Å². The summed E-state index contributed by atoms with van der Waals surface area (Å²) in [6, 6.07) is 2.59. The van der Waals surface area contributed by atoms with Crippen LogP contribution in [0.3, 0.4) is 0 Å². The number of unbranched alkanes of at least 4 members (excludes halogenated alkanes) is 3. The van der Waals surface area contributed by atoms with Crippen molar-refractivity contribution in [2.24, 2.45) is 0 Å². The zero-order chi connectivity index (χ0) is 13.9. The second kappa shape index (κ2) is 9.85. The third-order valence-corrected chi connectivity index (χ3v) is 3.52. The third-order valence-electron chi connectivity index (χ3n) is 3.52. The second-order valence-corrected chi connectivity index (χ2v) is 5.09. The molecular weight excluding hydrogens is 234 g/mol. The molecule has 1 atom stereocenters. The first kappa shape index (κ1) is 16.0. The van der Waals surface area contributed by atoms with Gasteiger partial charge in [0.2, 0.25) is 0 Å². The molecule has 0 aliphatic rings. The van der Waals surface area contributed by atoms with Crippen molar-refractivity contribution in [2.75, 3.05) is 6.54 Å². The van der Waals surface area contributed by atoms with Gasteiger partial charge in [0.25, 0.3) is 0 Å². The van der Waals surface area contributed by atoms with Crippen LogP contribution in [0.15, 0.2) is 29.4 Å². The van der Waals surface area contributed by atoms with Gasteiger partial charge in [-0.05, 0) is 38.3 Å². The van der Waals surface area contributed by atoms with Crippen molar-refractivity contribution < 1.29 is 4.42 Å². The van der Waals surface area contributed by atoms with Crippen LogP contribution >= 0.6 is 0 Å². The fourth-order valence-electron chi connectivity index (χ4n) is 2.45. The molecule has 0 saturated carbocycles. The molecule has 1 N–H and O–H groups in total. The highest BCUT2D eigenvalue weighted by Crippen LogP contribution is 2.25. The first-order valence-corrected chi connectivity index (χ1v) is 7.74. The van der Waals surface area contributed by atoms with Gasteiger partial charge in [-0.25, -0.2) is 0 Å². The lowest BCUT2D eigenvalue weighted by atomic mass is 9.99. The Hall–Kier alpha value is -1.02. The Morgan fingerprint density at radius 3 is 2.84 bits per heavy atom. The number of furan rings is 1. The van der Waals surface area contributed by atoms with Crippen molar-refractivity contribution in [3.63, 3.8) is 0 Å². The fourth-order valence-corrected chi connectivity index (χ4v) is 2.45. The molecule has 1 unspecified atom stereocenters. The first-order chi connectivity index (χ1) is 9.33. The van der Waals surface area contributed by atoms with E-state index in [9.17, 15) is 0 Å². The van der Waals surface area contributed by atoms with Crippen LogP contribution in [0.4, 0.5) is 0 Å². The molecule has 0 bridgehead atoms. The molecule has 1 aromatic rings. The number of hydrogen-bond acceptors (Lipinski definition) is 2. The summed E-state index contributed by atoms with van der Waals surface area (Å²) < 4.78 is 5.57. The van der Waals surface area contributed by atoms with Gasteiger partial charge in [-0.1, -0.05) is 32.8 Å². The topological polar surface area (TPSA) is 25.2 Å². The van der Waals surface area contributed by atoms with Crippen LogP contribution in [0.5, 0.6) is 0 Å². The molecule has 108 valence electrons. The Labute approximate surface area is 118 Å². The van der Waals surface area contributed by atoms with Gasteiger partial charge in [-0.3, -0.25) is 0 Å². The van der Waals surface area contributed by atoms with Crippen LogP contribution in [-0.4, -0.2) is 6.54 Å². The lowest BCUT2D eigenvalue weighted by molar-refractivity contribution is 0.451. The number of nitrogens with one attached hydrogen (secondary N) is 1.